The van der Waals surface area contributed by atoms with Gasteiger partial charge in [-0.3, -0.25) is 4.79 Å². The predicted octanol–water partition coefficient (Wildman–Crippen LogP) is 3.08. The molecule has 1 saturated heterocycles. The van der Waals surface area contributed by atoms with E-state index in [0.717, 1.165) is 49.2 Å². The Hall–Kier alpha value is -1.07. The highest BCUT2D eigenvalue weighted by Crippen LogP contribution is 2.43. The first-order chi connectivity index (χ1) is 11.2. The Bertz CT molecular complexity index is 580. The van der Waals surface area contributed by atoms with E-state index in [1.807, 2.05) is 6.26 Å². The number of fused-ring (bicyclic) bond motifs is 1. The number of carbonyl (C=O) groups is 1. The number of rotatable bonds is 5. The molecule has 0 radical (unpaired) electrons. The smallest absolute Gasteiger partial charge is 0.228 e. The van der Waals surface area contributed by atoms with Gasteiger partial charge in [0.05, 0.1) is 5.41 Å². The zero-order valence-corrected chi connectivity index (χ0v) is 14.5. The van der Waals surface area contributed by atoms with Crippen LogP contribution in [0, 0.1) is 17.2 Å². The van der Waals surface area contributed by atoms with Crippen LogP contribution in [0.25, 0.3) is 0 Å². The molecule has 1 amide bonds. The number of thioether (sulfide) groups is 1. The van der Waals surface area contributed by atoms with Crippen molar-refractivity contribution in [3.8, 4) is 0 Å². The van der Waals surface area contributed by atoms with Crippen molar-refractivity contribution in [1.29, 1.82) is 0 Å². The van der Waals surface area contributed by atoms with Crippen molar-refractivity contribution in [3.63, 3.8) is 0 Å². The fourth-order valence-corrected chi connectivity index (χ4v) is 4.68. The standard InChI is InChI=1S/C18H25FN2OS/c1-23-11-14-8-16(19)6-5-13(14)9-21-17(22)18-7-3-2-4-15(18)10-20-12-18/h5-6,8,15,20H,2-4,7,9-12H2,1H3,(H,21,22)/t15-,18+/m0/s1. The molecule has 23 heavy (non-hydrogen) atoms. The third kappa shape index (κ3) is 3.41. The van der Waals surface area contributed by atoms with Gasteiger partial charge in [-0.05, 0) is 54.8 Å². The number of benzene rings is 1. The first-order valence-electron chi connectivity index (χ1n) is 8.41. The maximum Gasteiger partial charge on any atom is 0.228 e. The van der Waals surface area contributed by atoms with Gasteiger partial charge >= 0.3 is 0 Å². The number of carbonyl (C=O) groups excluding carboxylic acids is 1. The summed E-state index contributed by atoms with van der Waals surface area (Å²) in [5, 5.41) is 6.55. The van der Waals surface area contributed by atoms with Crippen LogP contribution >= 0.6 is 11.8 Å². The molecule has 0 spiro atoms. The fourth-order valence-electron chi connectivity index (χ4n) is 4.10. The van der Waals surface area contributed by atoms with Gasteiger partial charge in [-0.15, -0.1) is 0 Å². The Balaban J connectivity index is 1.69. The zero-order valence-electron chi connectivity index (χ0n) is 13.7. The van der Waals surface area contributed by atoms with Crippen LogP contribution in [0.4, 0.5) is 4.39 Å². The summed E-state index contributed by atoms with van der Waals surface area (Å²) in [4.78, 5) is 12.9. The maximum atomic E-state index is 13.4. The first kappa shape index (κ1) is 16.8. The van der Waals surface area contributed by atoms with Crippen molar-refractivity contribution in [3.05, 3.63) is 35.1 Å². The van der Waals surface area contributed by atoms with E-state index in [1.165, 1.54) is 12.5 Å². The zero-order chi connectivity index (χ0) is 16.3. The van der Waals surface area contributed by atoms with Crippen LogP contribution in [0.15, 0.2) is 18.2 Å². The topological polar surface area (TPSA) is 41.1 Å². The van der Waals surface area contributed by atoms with Gasteiger partial charge in [0, 0.05) is 18.8 Å². The molecule has 2 aliphatic rings. The average molecular weight is 336 g/mol. The van der Waals surface area contributed by atoms with Gasteiger partial charge in [-0.1, -0.05) is 18.9 Å². The molecule has 1 saturated carbocycles. The van der Waals surface area contributed by atoms with E-state index >= 15 is 0 Å². The van der Waals surface area contributed by atoms with Gasteiger partial charge in [0.25, 0.3) is 0 Å². The molecule has 2 fully saturated rings. The fraction of sp³-hybridized carbons (Fsp3) is 0.611. The van der Waals surface area contributed by atoms with Gasteiger partial charge in [-0.25, -0.2) is 4.39 Å². The van der Waals surface area contributed by atoms with E-state index < -0.39 is 0 Å². The van der Waals surface area contributed by atoms with Crippen LogP contribution in [0.5, 0.6) is 0 Å². The molecule has 3 nitrogen and oxygen atoms in total. The number of hydrogen-bond donors (Lipinski definition) is 2. The second-order valence-corrected chi connectivity index (χ2v) is 7.62. The van der Waals surface area contributed by atoms with Crippen LogP contribution in [0.1, 0.15) is 36.8 Å². The Morgan fingerprint density at radius 3 is 3.13 bits per heavy atom. The molecular formula is C18H25FN2OS. The molecule has 0 aromatic heterocycles. The summed E-state index contributed by atoms with van der Waals surface area (Å²) < 4.78 is 13.4. The summed E-state index contributed by atoms with van der Waals surface area (Å²) in [6.45, 7) is 2.25. The minimum absolute atomic E-state index is 0.173. The minimum Gasteiger partial charge on any atom is -0.351 e. The molecule has 0 unspecified atom stereocenters. The average Bonchev–Trinajstić information content (AvgIpc) is 2.99. The Morgan fingerprint density at radius 2 is 2.30 bits per heavy atom. The molecule has 126 valence electrons. The molecule has 1 aliphatic heterocycles. The minimum atomic E-state index is -0.224. The van der Waals surface area contributed by atoms with Gasteiger partial charge < -0.3 is 10.6 Å². The molecule has 1 heterocycles. The van der Waals surface area contributed by atoms with Crippen LogP contribution in [0.2, 0.25) is 0 Å². The second kappa shape index (κ2) is 7.22. The highest BCUT2D eigenvalue weighted by Gasteiger charge is 2.49. The Labute approximate surface area is 141 Å². The number of halogens is 1. The lowest BCUT2D eigenvalue weighted by atomic mass is 9.67. The van der Waals surface area contributed by atoms with Crippen LogP contribution in [0.3, 0.4) is 0 Å². The van der Waals surface area contributed by atoms with Gasteiger partial charge in [0.15, 0.2) is 0 Å². The predicted molar refractivity (Wildman–Crippen MR) is 92.7 cm³/mol. The van der Waals surface area contributed by atoms with Crippen molar-refractivity contribution in [2.45, 2.75) is 38.0 Å². The lowest BCUT2D eigenvalue weighted by Gasteiger charge is -2.37. The molecule has 1 aromatic carbocycles. The quantitative estimate of drug-likeness (QED) is 0.868. The van der Waals surface area contributed by atoms with Gasteiger partial charge in [-0.2, -0.15) is 11.8 Å². The molecule has 5 heteroatoms. The third-order valence-corrected chi connectivity index (χ3v) is 6.00. The van der Waals surface area contributed by atoms with Crippen LogP contribution < -0.4 is 10.6 Å². The lowest BCUT2D eigenvalue weighted by molar-refractivity contribution is -0.134. The summed E-state index contributed by atoms with van der Waals surface area (Å²) in [5.74, 6) is 1.19. The lowest BCUT2D eigenvalue weighted by Crippen LogP contribution is -2.47. The van der Waals surface area contributed by atoms with Crippen molar-refractivity contribution < 1.29 is 9.18 Å². The molecule has 0 bridgehead atoms. The molecule has 3 rings (SSSR count). The van der Waals surface area contributed by atoms with Crippen molar-refractivity contribution in [1.82, 2.24) is 10.6 Å². The van der Waals surface area contributed by atoms with Gasteiger partial charge in [0.2, 0.25) is 5.91 Å². The SMILES string of the molecule is CSCc1cc(F)ccc1CNC(=O)[C@@]12CCCC[C@H]1CNC2. The van der Waals surface area contributed by atoms with E-state index in [4.69, 9.17) is 0 Å². The molecule has 2 N–H and O–H groups in total. The number of amides is 1. The largest absolute Gasteiger partial charge is 0.351 e. The monoisotopic (exact) mass is 336 g/mol. The molecule has 1 aliphatic carbocycles. The van der Waals surface area contributed by atoms with Crippen LogP contribution in [-0.4, -0.2) is 25.3 Å². The van der Waals surface area contributed by atoms with Crippen LogP contribution in [-0.2, 0) is 17.1 Å². The third-order valence-electron chi connectivity index (χ3n) is 5.40. The van der Waals surface area contributed by atoms with Crippen molar-refractivity contribution in [2.75, 3.05) is 19.3 Å². The van der Waals surface area contributed by atoms with Crippen molar-refractivity contribution >= 4 is 17.7 Å². The summed E-state index contributed by atoms with van der Waals surface area (Å²) in [6, 6.07) is 4.85. The molecular weight excluding hydrogens is 311 g/mol. The summed E-state index contributed by atoms with van der Waals surface area (Å²) in [5.41, 5.74) is 1.77. The van der Waals surface area contributed by atoms with Crippen molar-refractivity contribution in [2.24, 2.45) is 11.3 Å². The number of hydrogen-bond acceptors (Lipinski definition) is 3. The van der Waals surface area contributed by atoms with E-state index in [2.05, 4.69) is 10.6 Å². The highest BCUT2D eigenvalue weighted by atomic mass is 32.2. The normalized spacial score (nSPS) is 26.8. The summed E-state index contributed by atoms with van der Waals surface area (Å²) >= 11 is 1.66. The van der Waals surface area contributed by atoms with E-state index in [9.17, 15) is 9.18 Å². The Kier molecular flexibility index (Phi) is 5.27. The summed E-state index contributed by atoms with van der Waals surface area (Å²) in [6.07, 6.45) is 6.51. The second-order valence-electron chi connectivity index (χ2n) is 6.76. The maximum absolute atomic E-state index is 13.4. The van der Waals surface area contributed by atoms with E-state index in [0.29, 0.717) is 12.5 Å². The number of nitrogens with one attached hydrogen (secondary N) is 2. The highest BCUT2D eigenvalue weighted by molar-refractivity contribution is 7.97. The summed E-state index contributed by atoms with van der Waals surface area (Å²) in [7, 11) is 0. The molecule has 1 aromatic rings. The molecule has 2 atom stereocenters. The first-order valence-corrected chi connectivity index (χ1v) is 9.80. The van der Waals surface area contributed by atoms with Gasteiger partial charge in [0.1, 0.15) is 5.82 Å². The Morgan fingerprint density at radius 1 is 1.43 bits per heavy atom. The van der Waals surface area contributed by atoms with E-state index in [-0.39, 0.29) is 17.1 Å². The van der Waals surface area contributed by atoms with E-state index in [1.54, 1.807) is 23.9 Å².